The van der Waals surface area contributed by atoms with Gasteiger partial charge in [-0.1, -0.05) is 0 Å². The zero-order chi connectivity index (χ0) is 13.8. The lowest BCUT2D eigenvalue weighted by molar-refractivity contribution is -0.139. The van der Waals surface area contributed by atoms with Crippen LogP contribution in [0.1, 0.15) is 26.5 Å². The number of aliphatic hydroxyl groups is 1. The zero-order valence-corrected chi connectivity index (χ0v) is 11.9. The van der Waals surface area contributed by atoms with Gasteiger partial charge in [-0.3, -0.25) is 4.79 Å². The molecule has 1 aromatic rings. The molecule has 0 unspecified atom stereocenters. The van der Waals surface area contributed by atoms with E-state index in [1.54, 1.807) is 0 Å². The summed E-state index contributed by atoms with van der Waals surface area (Å²) in [7, 11) is 0. The molecule has 1 amide bonds. The van der Waals surface area contributed by atoms with Crippen LogP contribution in [-0.4, -0.2) is 40.5 Å². The number of hydrogen-bond donors (Lipinski definition) is 3. The molecular weight excluding hydrogens is 286 g/mol. The molecule has 0 radical (unpaired) electrons. The molecule has 5 nitrogen and oxygen atoms in total. The first kappa shape index (κ1) is 14.4. The lowest BCUT2D eigenvalue weighted by Gasteiger charge is -2.12. The van der Waals surface area contributed by atoms with E-state index >= 15 is 0 Å². The van der Waals surface area contributed by atoms with Crippen LogP contribution < -0.4 is 5.32 Å². The van der Waals surface area contributed by atoms with Crippen LogP contribution in [0.25, 0.3) is 0 Å². The number of carbonyl (C=O) groups excluding carboxylic acids is 1. The molecule has 7 heteroatoms. The number of thioether (sulfide) groups is 1. The van der Waals surface area contributed by atoms with Crippen molar-refractivity contribution in [1.82, 2.24) is 5.32 Å². The average molecular weight is 301 g/mol. The molecule has 0 spiro atoms. The van der Waals surface area contributed by atoms with E-state index in [1.165, 1.54) is 21.8 Å². The van der Waals surface area contributed by atoms with Crippen LogP contribution in [0.3, 0.4) is 0 Å². The summed E-state index contributed by atoms with van der Waals surface area (Å²) in [6, 6.07) is 0.810. The maximum absolute atomic E-state index is 12.0. The predicted octanol–water partition coefficient (Wildman–Crippen LogP) is 1.10. The molecule has 19 heavy (non-hydrogen) atoms. The van der Waals surface area contributed by atoms with Gasteiger partial charge in [0.15, 0.2) is 0 Å². The maximum atomic E-state index is 12.0. The third-order valence-electron chi connectivity index (χ3n) is 2.87. The molecule has 2 rings (SSSR count). The van der Waals surface area contributed by atoms with Crippen molar-refractivity contribution in [2.24, 2.45) is 0 Å². The molecule has 1 atom stereocenters. The summed E-state index contributed by atoms with van der Waals surface area (Å²) in [6.07, 6.45) is 0.985. The molecule has 2 heterocycles. The normalized spacial score (nSPS) is 15.6. The SMILES string of the molecule is O=C(N[C@H](CCO)C(=O)O)c1cc2c(s1)CCSC2. The minimum atomic E-state index is -1.13. The Morgan fingerprint density at radius 1 is 1.47 bits per heavy atom. The van der Waals surface area contributed by atoms with Crippen molar-refractivity contribution in [2.75, 3.05) is 12.4 Å². The molecule has 0 fully saturated rings. The van der Waals surface area contributed by atoms with Crippen molar-refractivity contribution in [3.8, 4) is 0 Å². The largest absolute Gasteiger partial charge is 0.480 e. The van der Waals surface area contributed by atoms with Gasteiger partial charge in [-0.25, -0.2) is 4.79 Å². The van der Waals surface area contributed by atoms with Gasteiger partial charge in [0, 0.05) is 23.7 Å². The summed E-state index contributed by atoms with van der Waals surface area (Å²) >= 11 is 3.27. The quantitative estimate of drug-likeness (QED) is 0.758. The molecule has 104 valence electrons. The van der Waals surface area contributed by atoms with E-state index in [9.17, 15) is 9.59 Å². The number of aliphatic hydroxyl groups excluding tert-OH is 1. The Morgan fingerprint density at radius 2 is 2.26 bits per heavy atom. The number of aryl methyl sites for hydroxylation is 1. The van der Waals surface area contributed by atoms with Crippen molar-refractivity contribution in [3.05, 3.63) is 21.4 Å². The Balaban J connectivity index is 2.06. The van der Waals surface area contributed by atoms with E-state index in [-0.39, 0.29) is 18.9 Å². The van der Waals surface area contributed by atoms with Crippen LogP contribution in [0.15, 0.2) is 6.07 Å². The summed E-state index contributed by atoms with van der Waals surface area (Å²) in [5.41, 5.74) is 1.18. The average Bonchev–Trinajstić information content (AvgIpc) is 2.81. The van der Waals surface area contributed by atoms with E-state index in [0.29, 0.717) is 4.88 Å². The van der Waals surface area contributed by atoms with Gasteiger partial charge in [-0.2, -0.15) is 11.8 Å². The summed E-state index contributed by atoms with van der Waals surface area (Å²) in [5, 5.41) is 20.2. The number of thiophene rings is 1. The summed E-state index contributed by atoms with van der Waals surface area (Å²) in [4.78, 5) is 24.7. The van der Waals surface area contributed by atoms with Gasteiger partial charge < -0.3 is 15.5 Å². The molecule has 0 saturated carbocycles. The highest BCUT2D eigenvalue weighted by Crippen LogP contribution is 2.31. The molecule has 0 saturated heterocycles. The van der Waals surface area contributed by atoms with Gasteiger partial charge in [-0.15, -0.1) is 11.3 Å². The van der Waals surface area contributed by atoms with Gasteiger partial charge >= 0.3 is 5.97 Å². The van der Waals surface area contributed by atoms with Crippen LogP contribution in [0, 0.1) is 0 Å². The van der Waals surface area contributed by atoms with Crippen LogP contribution >= 0.6 is 23.1 Å². The lowest BCUT2D eigenvalue weighted by atomic mass is 10.2. The number of carboxylic acids is 1. The van der Waals surface area contributed by atoms with E-state index in [0.717, 1.165) is 17.9 Å². The Hall–Kier alpha value is -1.05. The molecule has 0 aliphatic carbocycles. The van der Waals surface area contributed by atoms with Gasteiger partial charge in [0.05, 0.1) is 4.88 Å². The molecule has 1 aliphatic heterocycles. The minimum Gasteiger partial charge on any atom is -0.480 e. The highest BCUT2D eigenvalue weighted by atomic mass is 32.2. The second kappa shape index (κ2) is 6.40. The standard InChI is InChI=1S/C12H15NO4S2/c14-3-1-8(12(16)17)13-11(15)10-5-7-6-18-4-2-9(7)19-10/h5,8,14H,1-4,6H2,(H,13,15)(H,16,17)/t8-/m1/s1. The molecule has 0 bridgehead atoms. The van der Waals surface area contributed by atoms with Crippen molar-refractivity contribution in [1.29, 1.82) is 0 Å². The fourth-order valence-electron chi connectivity index (χ4n) is 1.87. The first-order chi connectivity index (χ1) is 9.11. The molecule has 0 aromatic carbocycles. The Bertz CT molecular complexity index is 463. The van der Waals surface area contributed by atoms with Crippen LogP contribution in [-0.2, 0) is 17.0 Å². The van der Waals surface area contributed by atoms with Crippen molar-refractivity contribution < 1.29 is 19.8 Å². The Labute approximate surface area is 119 Å². The number of carbonyl (C=O) groups is 2. The predicted molar refractivity (Wildman–Crippen MR) is 74.8 cm³/mol. The Kier molecular flexibility index (Phi) is 4.84. The molecule has 3 N–H and O–H groups in total. The third kappa shape index (κ3) is 3.49. The number of amides is 1. The van der Waals surface area contributed by atoms with E-state index in [4.69, 9.17) is 10.2 Å². The van der Waals surface area contributed by atoms with Crippen molar-refractivity contribution in [2.45, 2.75) is 24.6 Å². The van der Waals surface area contributed by atoms with Gasteiger partial charge in [0.2, 0.25) is 0 Å². The highest BCUT2D eigenvalue weighted by molar-refractivity contribution is 7.98. The second-order valence-electron chi connectivity index (χ2n) is 4.24. The number of nitrogens with one attached hydrogen (secondary N) is 1. The van der Waals surface area contributed by atoms with E-state index in [1.807, 2.05) is 17.8 Å². The van der Waals surface area contributed by atoms with Crippen LogP contribution in [0.5, 0.6) is 0 Å². The zero-order valence-electron chi connectivity index (χ0n) is 10.2. The highest BCUT2D eigenvalue weighted by Gasteiger charge is 2.22. The fourth-order valence-corrected chi connectivity index (χ4v) is 4.15. The molecule has 1 aliphatic rings. The lowest BCUT2D eigenvalue weighted by Crippen LogP contribution is -2.41. The number of aliphatic carboxylic acids is 1. The van der Waals surface area contributed by atoms with Gasteiger partial charge in [0.25, 0.3) is 5.91 Å². The first-order valence-electron chi connectivity index (χ1n) is 5.95. The monoisotopic (exact) mass is 301 g/mol. The van der Waals surface area contributed by atoms with Gasteiger partial charge in [-0.05, 0) is 23.8 Å². The number of hydrogen-bond acceptors (Lipinski definition) is 5. The summed E-state index contributed by atoms with van der Waals surface area (Å²) in [6.45, 7) is -0.269. The fraction of sp³-hybridized carbons (Fsp3) is 0.500. The Morgan fingerprint density at radius 3 is 2.89 bits per heavy atom. The van der Waals surface area contributed by atoms with E-state index in [2.05, 4.69) is 5.32 Å². The first-order valence-corrected chi connectivity index (χ1v) is 7.92. The second-order valence-corrected chi connectivity index (χ2v) is 6.48. The topological polar surface area (TPSA) is 86.6 Å². The number of fused-ring (bicyclic) bond motifs is 1. The third-order valence-corrected chi connectivity index (χ3v) is 5.12. The van der Waals surface area contributed by atoms with Gasteiger partial charge in [0.1, 0.15) is 6.04 Å². The summed E-state index contributed by atoms with van der Waals surface area (Å²) < 4.78 is 0. The number of carboxylic acid groups (broad SMARTS) is 1. The van der Waals surface area contributed by atoms with Crippen LogP contribution in [0.4, 0.5) is 0 Å². The smallest absolute Gasteiger partial charge is 0.326 e. The summed E-state index contributed by atoms with van der Waals surface area (Å²) in [5.74, 6) is 0.485. The van der Waals surface area contributed by atoms with E-state index < -0.39 is 12.0 Å². The molecule has 1 aromatic heterocycles. The number of rotatable bonds is 5. The molecular formula is C12H15NO4S2. The van der Waals surface area contributed by atoms with Crippen LogP contribution in [0.2, 0.25) is 0 Å². The van der Waals surface area contributed by atoms with Crippen molar-refractivity contribution >= 4 is 35.0 Å². The minimum absolute atomic E-state index is 0.0159. The van der Waals surface area contributed by atoms with Crippen molar-refractivity contribution in [3.63, 3.8) is 0 Å². The maximum Gasteiger partial charge on any atom is 0.326 e.